The Morgan fingerprint density at radius 2 is 1.96 bits per heavy atom. The summed E-state index contributed by atoms with van der Waals surface area (Å²) in [5.41, 5.74) is 0.514. The predicted molar refractivity (Wildman–Crippen MR) is 92.7 cm³/mol. The van der Waals surface area contributed by atoms with E-state index in [1.54, 1.807) is 19.2 Å². The first kappa shape index (κ1) is 17.9. The zero-order chi connectivity index (χ0) is 16.7. The minimum Gasteiger partial charge on any atom is -0.493 e. The van der Waals surface area contributed by atoms with Crippen LogP contribution in [0, 0.1) is 0 Å². The Balaban J connectivity index is 2.11. The lowest BCUT2D eigenvalue weighted by molar-refractivity contribution is 0.0933. The Labute approximate surface area is 143 Å². The zero-order valence-corrected chi connectivity index (χ0v) is 14.7. The number of benzene rings is 1. The number of rotatable bonds is 6. The molecule has 1 aliphatic carbocycles. The summed E-state index contributed by atoms with van der Waals surface area (Å²) in [6.07, 6.45) is 7.86. The van der Waals surface area contributed by atoms with Crippen LogP contribution in [0.25, 0.3) is 0 Å². The van der Waals surface area contributed by atoms with Crippen LogP contribution in [0.2, 0.25) is 5.02 Å². The molecule has 1 N–H and O–H groups in total. The molecule has 128 valence electrons. The fourth-order valence-electron chi connectivity index (χ4n) is 2.89. The van der Waals surface area contributed by atoms with Gasteiger partial charge in [-0.15, -0.1) is 0 Å². The maximum atomic E-state index is 12.5. The lowest BCUT2D eigenvalue weighted by Crippen LogP contribution is -2.34. The standard InChI is InChI=1S/C18H26ClNO3/c1-3-10-23-17-15(19)11-13(12-16(17)22-2)18(21)20-14-8-6-4-5-7-9-14/h11-12,14H,3-10H2,1-2H3,(H,20,21). The average Bonchev–Trinajstić information content (AvgIpc) is 2.81. The molecule has 0 bridgehead atoms. The summed E-state index contributed by atoms with van der Waals surface area (Å²) >= 11 is 6.28. The van der Waals surface area contributed by atoms with Gasteiger partial charge in [-0.3, -0.25) is 4.79 Å². The summed E-state index contributed by atoms with van der Waals surface area (Å²) in [7, 11) is 1.55. The van der Waals surface area contributed by atoms with Crippen molar-refractivity contribution >= 4 is 17.5 Å². The molecule has 1 fully saturated rings. The van der Waals surface area contributed by atoms with Crippen LogP contribution in [0.3, 0.4) is 0 Å². The topological polar surface area (TPSA) is 47.6 Å². The summed E-state index contributed by atoms with van der Waals surface area (Å²) in [6.45, 7) is 2.58. The number of hydrogen-bond acceptors (Lipinski definition) is 3. The van der Waals surface area contributed by atoms with Crippen LogP contribution in [0.5, 0.6) is 11.5 Å². The fraction of sp³-hybridized carbons (Fsp3) is 0.611. The van der Waals surface area contributed by atoms with Crippen molar-refractivity contribution in [1.29, 1.82) is 0 Å². The largest absolute Gasteiger partial charge is 0.493 e. The highest BCUT2D eigenvalue weighted by Crippen LogP contribution is 2.36. The molecule has 0 saturated heterocycles. The summed E-state index contributed by atoms with van der Waals surface area (Å²) in [5.74, 6) is 0.901. The van der Waals surface area contributed by atoms with Crippen LogP contribution < -0.4 is 14.8 Å². The van der Waals surface area contributed by atoms with Gasteiger partial charge in [0.25, 0.3) is 5.91 Å². The van der Waals surface area contributed by atoms with Gasteiger partial charge in [0.05, 0.1) is 18.7 Å². The molecule has 0 heterocycles. The molecule has 23 heavy (non-hydrogen) atoms. The molecule has 5 heteroatoms. The molecule has 1 aromatic rings. The van der Waals surface area contributed by atoms with Crippen molar-refractivity contribution in [1.82, 2.24) is 5.32 Å². The number of amides is 1. The molecule has 1 saturated carbocycles. The number of methoxy groups -OCH3 is 1. The number of carbonyl (C=O) groups excluding carboxylic acids is 1. The summed E-state index contributed by atoms with van der Waals surface area (Å²) < 4.78 is 11.0. The van der Waals surface area contributed by atoms with Crippen LogP contribution in [-0.2, 0) is 0 Å². The molecule has 0 atom stereocenters. The number of carbonyl (C=O) groups is 1. The highest BCUT2D eigenvalue weighted by molar-refractivity contribution is 6.32. The van der Waals surface area contributed by atoms with Crippen molar-refractivity contribution in [2.75, 3.05) is 13.7 Å². The highest BCUT2D eigenvalue weighted by Gasteiger charge is 2.19. The fourth-order valence-corrected chi connectivity index (χ4v) is 3.15. The number of hydrogen-bond donors (Lipinski definition) is 1. The molecular weight excluding hydrogens is 314 g/mol. The quantitative estimate of drug-likeness (QED) is 0.771. The van der Waals surface area contributed by atoms with Gasteiger partial charge in [-0.2, -0.15) is 0 Å². The molecule has 0 aromatic heterocycles. The molecular formula is C18H26ClNO3. The molecule has 1 aliphatic rings. The summed E-state index contributed by atoms with van der Waals surface area (Å²) in [4.78, 5) is 12.5. The Bertz CT molecular complexity index is 525. The summed E-state index contributed by atoms with van der Waals surface area (Å²) in [6, 6.07) is 3.61. The van der Waals surface area contributed by atoms with Crippen LogP contribution in [0.1, 0.15) is 62.2 Å². The van der Waals surface area contributed by atoms with E-state index >= 15 is 0 Å². The van der Waals surface area contributed by atoms with Crippen molar-refractivity contribution < 1.29 is 14.3 Å². The molecule has 0 spiro atoms. The van der Waals surface area contributed by atoms with E-state index in [1.807, 2.05) is 6.92 Å². The van der Waals surface area contributed by atoms with Gasteiger partial charge in [0, 0.05) is 11.6 Å². The van der Waals surface area contributed by atoms with E-state index in [0.29, 0.717) is 28.7 Å². The van der Waals surface area contributed by atoms with E-state index < -0.39 is 0 Å². The lowest BCUT2D eigenvalue weighted by Gasteiger charge is -2.18. The second-order valence-corrected chi connectivity index (χ2v) is 6.41. The normalized spacial score (nSPS) is 15.8. The van der Waals surface area contributed by atoms with Gasteiger partial charge >= 0.3 is 0 Å². The second-order valence-electron chi connectivity index (χ2n) is 6.00. The third-order valence-electron chi connectivity index (χ3n) is 4.13. The maximum Gasteiger partial charge on any atom is 0.251 e. The Kier molecular flexibility index (Phi) is 7.03. The number of ether oxygens (including phenoxy) is 2. The third-order valence-corrected chi connectivity index (χ3v) is 4.41. The van der Waals surface area contributed by atoms with Crippen LogP contribution >= 0.6 is 11.6 Å². The third kappa shape index (κ3) is 5.03. The van der Waals surface area contributed by atoms with Gasteiger partial charge in [0.15, 0.2) is 11.5 Å². The number of halogens is 1. The van der Waals surface area contributed by atoms with Crippen molar-refractivity contribution in [3.63, 3.8) is 0 Å². The Morgan fingerprint density at radius 3 is 2.57 bits per heavy atom. The molecule has 0 aliphatic heterocycles. The molecule has 1 amide bonds. The summed E-state index contributed by atoms with van der Waals surface area (Å²) in [5, 5.41) is 3.53. The zero-order valence-electron chi connectivity index (χ0n) is 14.0. The molecule has 2 rings (SSSR count). The smallest absolute Gasteiger partial charge is 0.251 e. The average molecular weight is 340 g/mol. The lowest BCUT2D eigenvalue weighted by atomic mass is 10.1. The van der Waals surface area contributed by atoms with E-state index in [9.17, 15) is 4.79 Å². The van der Waals surface area contributed by atoms with E-state index in [1.165, 1.54) is 25.7 Å². The van der Waals surface area contributed by atoms with E-state index in [-0.39, 0.29) is 11.9 Å². The SMILES string of the molecule is CCCOc1c(Cl)cc(C(=O)NC2CCCCCC2)cc1OC. The van der Waals surface area contributed by atoms with Gasteiger partial charge in [0.1, 0.15) is 0 Å². The predicted octanol–water partition coefficient (Wildman–Crippen LogP) is 4.59. The van der Waals surface area contributed by atoms with Crippen LogP contribution in [0.15, 0.2) is 12.1 Å². The number of nitrogens with one attached hydrogen (secondary N) is 1. The van der Waals surface area contributed by atoms with Crippen molar-refractivity contribution in [2.24, 2.45) is 0 Å². The molecule has 0 unspecified atom stereocenters. The first-order valence-electron chi connectivity index (χ1n) is 8.47. The monoisotopic (exact) mass is 339 g/mol. The first-order valence-corrected chi connectivity index (χ1v) is 8.84. The van der Waals surface area contributed by atoms with Crippen molar-refractivity contribution in [3.05, 3.63) is 22.7 Å². The van der Waals surface area contributed by atoms with Crippen molar-refractivity contribution in [2.45, 2.75) is 57.9 Å². The van der Waals surface area contributed by atoms with Gasteiger partial charge in [-0.1, -0.05) is 44.2 Å². The molecule has 0 radical (unpaired) electrons. The van der Waals surface area contributed by atoms with Gasteiger partial charge in [-0.05, 0) is 31.4 Å². The first-order chi connectivity index (χ1) is 11.2. The minimum absolute atomic E-state index is 0.0980. The highest BCUT2D eigenvalue weighted by atomic mass is 35.5. The van der Waals surface area contributed by atoms with E-state index in [4.69, 9.17) is 21.1 Å². The maximum absolute atomic E-state index is 12.5. The molecule has 1 aromatic carbocycles. The van der Waals surface area contributed by atoms with Crippen LogP contribution in [0.4, 0.5) is 0 Å². The Morgan fingerprint density at radius 1 is 1.26 bits per heavy atom. The van der Waals surface area contributed by atoms with Gasteiger partial charge in [-0.25, -0.2) is 0 Å². The Hall–Kier alpha value is -1.42. The van der Waals surface area contributed by atoms with E-state index in [0.717, 1.165) is 19.3 Å². The second kappa shape index (κ2) is 9.02. The van der Waals surface area contributed by atoms with Gasteiger partial charge in [0.2, 0.25) is 0 Å². The van der Waals surface area contributed by atoms with Gasteiger partial charge < -0.3 is 14.8 Å². The minimum atomic E-state index is -0.0980. The van der Waals surface area contributed by atoms with Crippen LogP contribution in [-0.4, -0.2) is 25.7 Å². The molecule has 4 nitrogen and oxygen atoms in total. The van der Waals surface area contributed by atoms with Crippen molar-refractivity contribution in [3.8, 4) is 11.5 Å². The van der Waals surface area contributed by atoms with E-state index in [2.05, 4.69) is 5.32 Å².